The Bertz CT molecular complexity index is 1230. The van der Waals surface area contributed by atoms with Crippen LogP contribution in [0.25, 0.3) is 5.69 Å². The number of rotatable bonds is 4. The Balaban J connectivity index is 1.28. The fraction of sp³-hybridized carbons (Fsp3) is 0.435. The number of amides is 5. The molecule has 5 amide bonds. The van der Waals surface area contributed by atoms with Gasteiger partial charge >= 0.3 is 0 Å². The number of benzene rings is 1. The van der Waals surface area contributed by atoms with E-state index < -0.39 is 11.9 Å². The van der Waals surface area contributed by atoms with Crippen molar-refractivity contribution in [3.63, 3.8) is 0 Å². The van der Waals surface area contributed by atoms with E-state index in [1.54, 1.807) is 28.0 Å². The maximum atomic E-state index is 13.0. The summed E-state index contributed by atoms with van der Waals surface area (Å²) in [4.78, 5) is 66.4. The van der Waals surface area contributed by atoms with E-state index in [2.05, 4.69) is 15.6 Å². The van der Waals surface area contributed by atoms with Crippen LogP contribution in [0, 0.1) is 0 Å². The number of nitrogens with zero attached hydrogens (tertiary/aromatic N) is 6. The number of hydrogen-bond donors (Lipinski definition) is 1. The van der Waals surface area contributed by atoms with Crippen molar-refractivity contribution < 1.29 is 24.0 Å². The number of nitrogens with one attached hydrogen (secondary N) is 1. The summed E-state index contributed by atoms with van der Waals surface area (Å²) < 4.78 is 1.44. The summed E-state index contributed by atoms with van der Waals surface area (Å²) in [5, 5.41) is 10.4. The van der Waals surface area contributed by atoms with Crippen LogP contribution in [0.15, 0.2) is 24.4 Å². The van der Waals surface area contributed by atoms with Crippen LogP contribution in [0.3, 0.4) is 0 Å². The van der Waals surface area contributed by atoms with Crippen molar-refractivity contribution in [2.24, 2.45) is 0 Å². The summed E-state index contributed by atoms with van der Waals surface area (Å²) >= 11 is 0. The molecule has 0 radical (unpaired) electrons. The second-order valence-electron chi connectivity index (χ2n) is 8.82. The number of piperazine rings is 1. The zero-order valence-electron chi connectivity index (χ0n) is 19.3. The first-order valence-corrected chi connectivity index (χ1v) is 11.6. The van der Waals surface area contributed by atoms with Crippen LogP contribution < -0.4 is 5.32 Å². The van der Waals surface area contributed by atoms with Crippen molar-refractivity contribution >= 4 is 29.5 Å². The van der Waals surface area contributed by atoms with E-state index in [9.17, 15) is 24.0 Å². The van der Waals surface area contributed by atoms with E-state index in [1.807, 2.05) is 6.92 Å². The molecule has 1 aromatic heterocycles. The SMILES string of the molecule is CCC(=O)N1CCN(C(=O)c2cn(-c3ccc4c(c3)C(=O)N(C3CCC(=O)NC3=O)C4)nn2)CC1. The van der Waals surface area contributed by atoms with Crippen LogP contribution in [-0.2, 0) is 20.9 Å². The normalized spacial score (nSPS) is 20.2. The van der Waals surface area contributed by atoms with Crippen molar-refractivity contribution in [3.05, 3.63) is 41.2 Å². The van der Waals surface area contributed by atoms with Gasteiger partial charge in [0.15, 0.2) is 5.69 Å². The van der Waals surface area contributed by atoms with Gasteiger partial charge in [0.25, 0.3) is 11.8 Å². The molecule has 1 unspecified atom stereocenters. The van der Waals surface area contributed by atoms with Crippen LogP contribution in [0.2, 0.25) is 0 Å². The minimum Gasteiger partial charge on any atom is -0.339 e. The molecule has 182 valence electrons. The summed E-state index contributed by atoms with van der Waals surface area (Å²) in [6.07, 6.45) is 2.45. The quantitative estimate of drug-likeness (QED) is 0.596. The highest BCUT2D eigenvalue weighted by atomic mass is 16.2. The summed E-state index contributed by atoms with van der Waals surface area (Å²) in [7, 11) is 0. The summed E-state index contributed by atoms with van der Waals surface area (Å²) in [6.45, 7) is 3.94. The molecule has 0 spiro atoms. The maximum absolute atomic E-state index is 13.0. The third-order valence-electron chi connectivity index (χ3n) is 6.71. The fourth-order valence-corrected chi connectivity index (χ4v) is 4.72. The molecule has 2 aromatic rings. The average molecular weight is 479 g/mol. The Morgan fingerprint density at radius 2 is 1.83 bits per heavy atom. The molecule has 0 aliphatic carbocycles. The van der Waals surface area contributed by atoms with Crippen LogP contribution in [0.5, 0.6) is 0 Å². The van der Waals surface area contributed by atoms with Crippen molar-refractivity contribution in [2.75, 3.05) is 26.2 Å². The molecule has 3 aliphatic rings. The lowest BCUT2D eigenvalue weighted by molar-refractivity contribution is -0.137. The van der Waals surface area contributed by atoms with Gasteiger partial charge in [-0.15, -0.1) is 5.10 Å². The smallest absolute Gasteiger partial charge is 0.276 e. The van der Waals surface area contributed by atoms with Crippen molar-refractivity contribution in [1.82, 2.24) is 35.0 Å². The summed E-state index contributed by atoms with van der Waals surface area (Å²) in [5.41, 5.74) is 1.97. The number of carbonyl (C=O) groups excluding carboxylic acids is 5. The first-order valence-electron chi connectivity index (χ1n) is 11.6. The van der Waals surface area contributed by atoms with Crippen LogP contribution in [0.1, 0.15) is 52.6 Å². The van der Waals surface area contributed by atoms with Gasteiger partial charge in [0.2, 0.25) is 17.7 Å². The first kappa shape index (κ1) is 22.7. The zero-order valence-corrected chi connectivity index (χ0v) is 19.3. The standard InChI is InChI=1S/C23H25N7O5/c1-2-20(32)27-7-9-28(10-8-27)23(35)17-13-30(26-25-17)15-4-3-14-12-29(22(34)16(14)11-15)18-5-6-19(31)24-21(18)33/h3-4,11,13,18H,2,5-10,12H2,1H3,(H,24,31,33). The molecule has 1 N–H and O–H groups in total. The average Bonchev–Trinajstić information content (AvgIpc) is 3.48. The Morgan fingerprint density at radius 3 is 2.54 bits per heavy atom. The molecule has 2 saturated heterocycles. The highest BCUT2D eigenvalue weighted by Gasteiger charge is 2.39. The number of hydrogen-bond acceptors (Lipinski definition) is 7. The predicted octanol–water partition coefficient (Wildman–Crippen LogP) is -0.277. The Morgan fingerprint density at radius 1 is 1.09 bits per heavy atom. The third-order valence-corrected chi connectivity index (χ3v) is 6.71. The highest BCUT2D eigenvalue weighted by Crippen LogP contribution is 2.29. The number of aromatic nitrogens is 3. The maximum Gasteiger partial charge on any atom is 0.276 e. The molecule has 5 rings (SSSR count). The van der Waals surface area contributed by atoms with E-state index in [4.69, 9.17) is 0 Å². The third kappa shape index (κ3) is 4.15. The molecular weight excluding hydrogens is 454 g/mol. The van der Waals surface area contributed by atoms with E-state index >= 15 is 0 Å². The number of fused-ring (bicyclic) bond motifs is 1. The van der Waals surface area contributed by atoms with E-state index in [-0.39, 0.29) is 42.3 Å². The predicted molar refractivity (Wildman–Crippen MR) is 120 cm³/mol. The first-order chi connectivity index (χ1) is 16.9. The molecule has 4 heterocycles. The molecule has 12 nitrogen and oxygen atoms in total. The minimum absolute atomic E-state index is 0.0744. The Kier molecular flexibility index (Phi) is 5.79. The number of imide groups is 1. The second kappa shape index (κ2) is 8.93. The monoisotopic (exact) mass is 479 g/mol. The molecular formula is C23H25N7O5. The number of carbonyl (C=O) groups is 5. The Hall–Kier alpha value is -4.09. The molecule has 2 fully saturated rings. The van der Waals surface area contributed by atoms with Gasteiger partial charge < -0.3 is 14.7 Å². The van der Waals surface area contributed by atoms with Crippen molar-refractivity contribution in [3.8, 4) is 5.69 Å². The Labute approximate surface area is 200 Å². The lowest BCUT2D eigenvalue weighted by atomic mass is 10.0. The van der Waals surface area contributed by atoms with Gasteiger partial charge in [0, 0.05) is 51.1 Å². The molecule has 1 atom stereocenters. The lowest BCUT2D eigenvalue weighted by Crippen LogP contribution is -2.52. The lowest BCUT2D eigenvalue weighted by Gasteiger charge is -2.34. The van der Waals surface area contributed by atoms with Crippen LogP contribution >= 0.6 is 0 Å². The molecule has 1 aromatic carbocycles. The van der Waals surface area contributed by atoms with Gasteiger partial charge in [-0.25, -0.2) is 4.68 Å². The minimum atomic E-state index is -0.681. The second-order valence-corrected chi connectivity index (χ2v) is 8.82. The molecule has 0 saturated carbocycles. The largest absolute Gasteiger partial charge is 0.339 e. The van der Waals surface area contributed by atoms with Crippen LogP contribution in [-0.4, -0.2) is 91.5 Å². The molecule has 0 bridgehead atoms. The zero-order chi connectivity index (χ0) is 24.7. The molecule has 35 heavy (non-hydrogen) atoms. The molecule has 12 heteroatoms. The van der Waals surface area contributed by atoms with E-state index in [1.165, 1.54) is 15.8 Å². The van der Waals surface area contributed by atoms with Gasteiger partial charge in [-0.2, -0.15) is 0 Å². The van der Waals surface area contributed by atoms with Gasteiger partial charge in [-0.3, -0.25) is 29.3 Å². The van der Waals surface area contributed by atoms with Crippen molar-refractivity contribution in [2.45, 2.75) is 38.8 Å². The van der Waals surface area contributed by atoms with Gasteiger partial charge in [-0.1, -0.05) is 18.2 Å². The number of piperidine rings is 1. The highest BCUT2D eigenvalue weighted by molar-refractivity contribution is 6.05. The van der Waals surface area contributed by atoms with E-state index in [0.29, 0.717) is 50.3 Å². The fourth-order valence-electron chi connectivity index (χ4n) is 4.72. The molecule has 3 aliphatic heterocycles. The van der Waals surface area contributed by atoms with Gasteiger partial charge in [0.05, 0.1) is 11.9 Å². The topological polar surface area (TPSA) is 138 Å². The van der Waals surface area contributed by atoms with Gasteiger partial charge in [-0.05, 0) is 24.1 Å². The summed E-state index contributed by atoms with van der Waals surface area (Å²) in [6, 6.07) is 4.56. The van der Waals surface area contributed by atoms with Crippen LogP contribution in [0.4, 0.5) is 0 Å². The van der Waals surface area contributed by atoms with E-state index in [0.717, 1.165) is 5.56 Å². The van der Waals surface area contributed by atoms with Gasteiger partial charge in [0.1, 0.15) is 6.04 Å². The van der Waals surface area contributed by atoms with Crippen molar-refractivity contribution in [1.29, 1.82) is 0 Å². The summed E-state index contributed by atoms with van der Waals surface area (Å²) in [5.74, 6) is -1.26.